The van der Waals surface area contributed by atoms with Crippen molar-refractivity contribution >= 4 is 55.5 Å². The van der Waals surface area contributed by atoms with Gasteiger partial charge in [0.25, 0.3) is 0 Å². The van der Waals surface area contributed by atoms with Crippen LogP contribution in [0.15, 0.2) is 231 Å². The Balaban J connectivity index is 0.000000207. The molecule has 0 N–H and O–H groups in total. The Labute approximate surface area is 493 Å². The van der Waals surface area contributed by atoms with Crippen molar-refractivity contribution in [3.05, 3.63) is 265 Å². The van der Waals surface area contributed by atoms with Crippen LogP contribution >= 0.6 is 23.7 Å². The molecule has 3 heterocycles. The van der Waals surface area contributed by atoms with Crippen molar-refractivity contribution in [3.63, 3.8) is 0 Å². The number of rotatable bonds is 11. The van der Waals surface area contributed by atoms with Gasteiger partial charge in [-0.25, -0.2) is 8.78 Å². The van der Waals surface area contributed by atoms with Gasteiger partial charge in [-0.3, -0.25) is 9.97 Å². The first-order valence-electron chi connectivity index (χ1n) is 26.5. The molecule has 1 aliphatic rings. The molecule has 0 atom stereocenters. The summed E-state index contributed by atoms with van der Waals surface area (Å²) in [6, 6.07) is 78.1. The maximum absolute atomic E-state index is 13.3. The van der Waals surface area contributed by atoms with Crippen molar-refractivity contribution in [2.75, 3.05) is 13.2 Å². The fourth-order valence-electron chi connectivity index (χ4n) is 9.72. The molecule has 432 valence electrons. The van der Waals surface area contributed by atoms with Crippen molar-refractivity contribution in [1.82, 2.24) is 9.97 Å². The standard InChI is InChI=1S/C39H32OP2.C24H18F2N2.C4H10O.Cu.F6P/c1-39(2)33-25-15-27-35(41(29-17-7-3-8-18-29)30-19-9-4-10-20-30)37(33)40-38-34(39)26-16-28-36(38)42(31-21-11-5-12-22-31)32-23-13-6-14-24-32;1-15-11-19(17-3-7-21(25)8-4-17)13-23(27-15)24-14-20(12-16(2)28-24)18-5-9-22(26)10-6-18;1-3-5-4-2;;1-7(2,3,4,5)6/h3-28H,1-2H3;3-14H,1-2H3;3-4H2,1-2H3;;/q;;;+1;-1/p+2. The van der Waals surface area contributed by atoms with E-state index < -0.39 is 23.7 Å². The van der Waals surface area contributed by atoms with Gasteiger partial charge in [0.1, 0.15) is 59.3 Å². The average Bonchev–Trinajstić information content (AvgIpc) is 1.47. The largest absolute Gasteiger partial charge is 1.00 e. The second kappa shape index (κ2) is 26.8. The van der Waals surface area contributed by atoms with E-state index in [1.54, 1.807) is 24.3 Å². The Hall–Kier alpha value is -6.93. The number of para-hydroxylation sites is 2. The van der Waals surface area contributed by atoms with E-state index in [1.165, 1.54) is 67.2 Å². The number of halogens is 8. The second-order valence-electron chi connectivity index (χ2n) is 19.8. The number of nitrogens with zero attached hydrogens (tertiary/aromatic N) is 2. The van der Waals surface area contributed by atoms with Crippen LogP contribution in [0.1, 0.15) is 50.2 Å². The number of hydrogen-bond donors (Lipinski definition) is 0. The van der Waals surface area contributed by atoms with Crippen molar-refractivity contribution in [3.8, 4) is 45.1 Å². The molecule has 83 heavy (non-hydrogen) atoms. The molecule has 11 rings (SSSR count). The maximum Gasteiger partial charge on any atom is 1.00 e. The number of pyridine rings is 2. The second-order valence-corrected chi connectivity index (χ2v) is 26.6. The molecule has 0 bridgehead atoms. The Bertz CT molecular complexity index is 3420. The topological polar surface area (TPSA) is 44.2 Å². The number of aromatic nitrogens is 2. The minimum absolute atomic E-state index is 0. The number of aryl methyl sites for hydroxylation is 2. The predicted octanol–water partition coefficient (Wildman–Crippen LogP) is 17.9. The van der Waals surface area contributed by atoms with Gasteiger partial charge in [0.15, 0.2) is 11.5 Å². The predicted molar refractivity (Wildman–Crippen MR) is 329 cm³/mol. The fourth-order valence-corrected chi connectivity index (χ4v) is 15.1. The summed E-state index contributed by atoms with van der Waals surface area (Å²) in [6.07, 6.45) is 0. The van der Waals surface area contributed by atoms with Gasteiger partial charge in [0, 0.05) is 41.1 Å². The van der Waals surface area contributed by atoms with Crippen LogP contribution in [-0.4, -0.2) is 23.2 Å². The molecule has 10 aromatic rings. The molecule has 2 aromatic heterocycles. The van der Waals surface area contributed by atoms with E-state index in [4.69, 9.17) is 9.47 Å². The van der Waals surface area contributed by atoms with E-state index in [-0.39, 0.29) is 34.1 Å². The molecule has 0 unspecified atom stereocenters. The molecular weight excluding hydrogens is 1170 g/mol. The summed E-state index contributed by atoms with van der Waals surface area (Å²) in [5, 5.41) is 8.05. The van der Waals surface area contributed by atoms with Gasteiger partial charge in [0.2, 0.25) is 0 Å². The summed E-state index contributed by atoms with van der Waals surface area (Å²) in [7, 11) is -13.3. The molecule has 4 nitrogen and oxygen atoms in total. The third kappa shape index (κ3) is 17.6. The zero-order valence-corrected chi connectivity index (χ0v) is 50.2. The smallest absolute Gasteiger partial charge is 1.00 e. The number of fused-ring (bicyclic) bond motifs is 2. The van der Waals surface area contributed by atoms with E-state index in [0.717, 1.165) is 69.7 Å². The van der Waals surface area contributed by atoms with Gasteiger partial charge in [-0.15, -0.1) is 0 Å². The third-order valence-corrected chi connectivity index (χ3v) is 18.8. The minimum Gasteiger partial charge on any atom is 1.00 e. The van der Waals surface area contributed by atoms with Crippen LogP contribution in [0.25, 0.3) is 33.6 Å². The molecule has 0 aliphatic carbocycles. The van der Waals surface area contributed by atoms with Crippen LogP contribution in [0.5, 0.6) is 11.5 Å². The fraction of sp³-hybridized carbons (Fsp3) is 0.134. The number of benzene rings is 8. The molecule has 0 radical (unpaired) electrons. The summed E-state index contributed by atoms with van der Waals surface area (Å²) in [6.45, 7) is 14.2. The van der Waals surface area contributed by atoms with Gasteiger partial charge in [-0.1, -0.05) is 135 Å². The molecule has 0 spiro atoms. The van der Waals surface area contributed by atoms with Crippen LogP contribution in [-0.2, 0) is 27.2 Å². The third-order valence-electron chi connectivity index (χ3n) is 13.3. The van der Waals surface area contributed by atoms with Crippen molar-refractivity contribution in [2.45, 2.75) is 47.0 Å². The monoisotopic (exact) mass is 1230 g/mol. The van der Waals surface area contributed by atoms with Crippen LogP contribution in [0.2, 0.25) is 0 Å². The summed E-state index contributed by atoms with van der Waals surface area (Å²) >= 11 is 0. The van der Waals surface area contributed by atoms with Gasteiger partial charge in [0.05, 0.1) is 11.4 Å². The van der Waals surface area contributed by atoms with Crippen LogP contribution in [0, 0.1) is 25.5 Å². The van der Waals surface area contributed by atoms with Crippen LogP contribution < -0.4 is 36.6 Å². The minimum atomic E-state index is -10.7. The Morgan fingerprint density at radius 2 is 0.723 bits per heavy atom. The first kappa shape index (κ1) is 63.6. The first-order valence-corrected chi connectivity index (χ1v) is 31.5. The maximum atomic E-state index is 13.3. The molecule has 0 saturated heterocycles. The van der Waals surface area contributed by atoms with Gasteiger partial charge in [-0.2, -0.15) is 0 Å². The molecule has 0 amide bonds. The number of ether oxygens (including phenoxy) is 2. The van der Waals surface area contributed by atoms with E-state index in [0.29, 0.717) is 0 Å². The van der Waals surface area contributed by atoms with Crippen LogP contribution in [0.3, 0.4) is 0 Å². The first-order chi connectivity index (χ1) is 39.0. The van der Waals surface area contributed by atoms with E-state index in [9.17, 15) is 34.0 Å². The molecule has 0 saturated carbocycles. The molecule has 8 aromatic carbocycles. The quantitative estimate of drug-likeness (QED) is 0.0735. The van der Waals surface area contributed by atoms with Crippen molar-refractivity contribution < 1.29 is 60.5 Å². The van der Waals surface area contributed by atoms with Gasteiger partial charge in [-0.05, 0) is 159 Å². The summed E-state index contributed by atoms with van der Waals surface area (Å²) < 4.78 is 97.8. The SMILES string of the molecule is CC1(C)c2cccc([PH+](c3ccccc3)c3ccccc3)c2Oc2c([PH+](c3ccccc3)c3ccccc3)cccc21.CCOCC.Cc1cc(-c2ccc(F)cc2)cc(-c2cc(-c3ccc(F)cc3)cc(C)n2)n1.F[P-](F)(F)(F)(F)F.[Cu+]. The molecule has 0 fully saturated rings. The van der Waals surface area contributed by atoms with E-state index >= 15 is 0 Å². The zero-order chi connectivity index (χ0) is 58.7. The Kier molecular flexibility index (Phi) is 20.5. The Morgan fingerprint density at radius 1 is 0.422 bits per heavy atom. The van der Waals surface area contributed by atoms with Crippen LogP contribution in [0.4, 0.5) is 34.0 Å². The summed E-state index contributed by atoms with van der Waals surface area (Å²) in [5.41, 5.74) is 9.22. The average molecular weight is 1240 g/mol. The summed E-state index contributed by atoms with van der Waals surface area (Å²) in [4.78, 5) is 9.28. The van der Waals surface area contributed by atoms with Gasteiger partial charge < -0.3 is 9.47 Å². The molecular formula is C67H62CuF8N2O2P3+2. The molecule has 16 heteroatoms. The van der Waals surface area contributed by atoms with E-state index in [1.807, 2.05) is 52.0 Å². The zero-order valence-electron chi connectivity index (χ0n) is 46.3. The number of hydrogen-bond acceptors (Lipinski definition) is 4. The Morgan fingerprint density at radius 3 is 1.00 bits per heavy atom. The van der Waals surface area contributed by atoms with Gasteiger partial charge >= 0.3 is 50.1 Å². The summed E-state index contributed by atoms with van der Waals surface area (Å²) in [5.74, 6) is 1.54. The van der Waals surface area contributed by atoms with Crippen molar-refractivity contribution in [1.29, 1.82) is 0 Å². The molecule has 1 aliphatic heterocycles. The van der Waals surface area contributed by atoms with E-state index in [2.05, 4.69) is 182 Å². The van der Waals surface area contributed by atoms with Crippen molar-refractivity contribution in [2.24, 2.45) is 0 Å². The normalized spacial score (nSPS) is 12.9.